The van der Waals surface area contributed by atoms with Crippen molar-refractivity contribution >= 4 is 17.6 Å². The Morgan fingerprint density at radius 3 is 2.36 bits per heavy atom. The van der Waals surface area contributed by atoms with Crippen molar-refractivity contribution in [2.75, 3.05) is 5.32 Å². The van der Waals surface area contributed by atoms with Gasteiger partial charge in [-0.15, -0.1) is 13.2 Å². The number of hydrogen-bond donors (Lipinski definition) is 2. The number of nitrogens with zero attached hydrogens (tertiary/aromatic N) is 2. The van der Waals surface area contributed by atoms with Crippen LogP contribution in [0.5, 0.6) is 5.75 Å². The number of urea groups is 1. The number of amides is 2. The molecule has 1 aliphatic rings. The Bertz CT molecular complexity index is 868. The summed E-state index contributed by atoms with van der Waals surface area (Å²) in [4.78, 5) is 17.7. The second kappa shape index (κ2) is 7.29. The number of alkyl halides is 3. The molecule has 0 saturated heterocycles. The number of ether oxygens (including phenoxy) is 1. The standard InChI is InChI=1S/C18H17F3N4O3/c1-17(2)25(23-16(26)22-13-6-4-3-5-7-13)15(24-28-17)12-8-10-14(11-9-12)27-18(19,20)21/h3-11H,1-2H3,(H2,22,23,26). The van der Waals surface area contributed by atoms with Crippen LogP contribution in [0.25, 0.3) is 0 Å². The fraction of sp³-hybridized carbons (Fsp3) is 0.222. The highest BCUT2D eigenvalue weighted by atomic mass is 19.4. The topological polar surface area (TPSA) is 75.2 Å². The Labute approximate surface area is 158 Å². The fourth-order valence-electron chi connectivity index (χ4n) is 2.45. The van der Waals surface area contributed by atoms with Gasteiger partial charge in [0.05, 0.1) is 0 Å². The van der Waals surface area contributed by atoms with Crippen LogP contribution in [0.15, 0.2) is 59.8 Å². The van der Waals surface area contributed by atoms with E-state index in [2.05, 4.69) is 20.6 Å². The maximum Gasteiger partial charge on any atom is 0.573 e. The number of halogens is 3. The molecule has 0 aliphatic carbocycles. The molecule has 3 rings (SSSR count). The van der Waals surface area contributed by atoms with Crippen molar-refractivity contribution in [3.05, 3.63) is 60.2 Å². The predicted octanol–water partition coefficient (Wildman–Crippen LogP) is 4.05. The average Bonchev–Trinajstić information content (AvgIpc) is 2.90. The number of anilines is 1. The molecular weight excluding hydrogens is 377 g/mol. The van der Waals surface area contributed by atoms with Crippen LogP contribution >= 0.6 is 0 Å². The minimum Gasteiger partial charge on any atom is -0.406 e. The summed E-state index contributed by atoms with van der Waals surface area (Å²) in [6.07, 6.45) is -4.78. The van der Waals surface area contributed by atoms with Gasteiger partial charge < -0.3 is 14.9 Å². The van der Waals surface area contributed by atoms with E-state index < -0.39 is 18.1 Å². The van der Waals surface area contributed by atoms with Crippen LogP contribution in [0.4, 0.5) is 23.7 Å². The van der Waals surface area contributed by atoms with Crippen molar-refractivity contribution in [3.8, 4) is 5.75 Å². The molecule has 2 amide bonds. The molecule has 0 spiro atoms. The average molecular weight is 394 g/mol. The van der Waals surface area contributed by atoms with Gasteiger partial charge in [-0.1, -0.05) is 23.4 Å². The highest BCUT2D eigenvalue weighted by molar-refractivity contribution is 6.01. The van der Waals surface area contributed by atoms with E-state index in [0.717, 1.165) is 12.1 Å². The first-order chi connectivity index (χ1) is 13.1. The van der Waals surface area contributed by atoms with Crippen LogP contribution in [0.3, 0.4) is 0 Å². The van der Waals surface area contributed by atoms with Crippen molar-refractivity contribution in [3.63, 3.8) is 0 Å². The minimum atomic E-state index is -4.78. The third-order valence-electron chi connectivity index (χ3n) is 3.70. The van der Waals surface area contributed by atoms with Crippen molar-refractivity contribution < 1.29 is 27.5 Å². The number of para-hydroxylation sites is 1. The molecule has 2 aromatic carbocycles. The quantitative estimate of drug-likeness (QED) is 0.820. The Morgan fingerprint density at radius 2 is 1.75 bits per heavy atom. The number of nitrogens with one attached hydrogen (secondary N) is 2. The normalized spacial score (nSPS) is 15.5. The fourth-order valence-corrected chi connectivity index (χ4v) is 2.45. The molecule has 7 nitrogen and oxygen atoms in total. The first-order valence-electron chi connectivity index (χ1n) is 8.19. The van der Waals surface area contributed by atoms with Crippen molar-refractivity contribution in [2.24, 2.45) is 5.16 Å². The first-order valence-corrected chi connectivity index (χ1v) is 8.19. The number of benzene rings is 2. The molecule has 1 heterocycles. The Kier molecular flexibility index (Phi) is 5.04. The third-order valence-corrected chi connectivity index (χ3v) is 3.70. The van der Waals surface area contributed by atoms with Crippen LogP contribution in [-0.4, -0.2) is 29.0 Å². The number of carbonyl (C=O) groups is 1. The van der Waals surface area contributed by atoms with Gasteiger partial charge in [0.25, 0.3) is 0 Å². The Balaban J connectivity index is 1.74. The van der Waals surface area contributed by atoms with Crippen LogP contribution in [-0.2, 0) is 4.84 Å². The van der Waals surface area contributed by atoms with E-state index in [1.165, 1.54) is 17.1 Å². The van der Waals surface area contributed by atoms with Crippen LogP contribution in [0.2, 0.25) is 0 Å². The number of rotatable bonds is 4. The largest absolute Gasteiger partial charge is 0.573 e. The van der Waals surface area contributed by atoms with Crippen molar-refractivity contribution in [1.82, 2.24) is 10.4 Å². The Hall–Kier alpha value is -3.43. The summed E-state index contributed by atoms with van der Waals surface area (Å²) in [6, 6.07) is 13.3. The molecule has 0 atom stereocenters. The third kappa shape index (κ3) is 4.64. The van der Waals surface area contributed by atoms with Crippen LogP contribution in [0, 0.1) is 0 Å². The van der Waals surface area contributed by atoms with E-state index in [1.54, 1.807) is 38.1 Å². The van der Waals surface area contributed by atoms with Crippen molar-refractivity contribution in [1.29, 1.82) is 0 Å². The van der Waals surface area contributed by atoms with Gasteiger partial charge in [-0.2, -0.15) is 0 Å². The maximum absolute atomic E-state index is 12.3. The zero-order chi connectivity index (χ0) is 20.4. The van der Waals surface area contributed by atoms with Gasteiger partial charge in [-0.05, 0) is 50.2 Å². The van der Waals surface area contributed by atoms with Gasteiger partial charge in [0.2, 0.25) is 5.72 Å². The summed E-state index contributed by atoms with van der Waals surface area (Å²) in [5.41, 5.74) is 2.64. The summed E-state index contributed by atoms with van der Waals surface area (Å²) < 4.78 is 40.8. The van der Waals surface area contributed by atoms with Gasteiger partial charge in [0.1, 0.15) is 5.75 Å². The van der Waals surface area contributed by atoms with Gasteiger partial charge in [-0.25, -0.2) is 15.2 Å². The summed E-state index contributed by atoms with van der Waals surface area (Å²) in [5.74, 6) is -0.136. The van der Waals surface area contributed by atoms with Crippen molar-refractivity contribution in [2.45, 2.75) is 25.9 Å². The lowest BCUT2D eigenvalue weighted by atomic mass is 10.1. The van der Waals surface area contributed by atoms with Gasteiger partial charge in [0, 0.05) is 11.3 Å². The molecule has 0 saturated carbocycles. The minimum absolute atomic E-state index is 0.228. The molecule has 28 heavy (non-hydrogen) atoms. The zero-order valence-electron chi connectivity index (χ0n) is 14.9. The number of hydrazine groups is 1. The predicted molar refractivity (Wildman–Crippen MR) is 95.3 cm³/mol. The molecule has 1 aliphatic heterocycles. The second-order valence-corrected chi connectivity index (χ2v) is 6.29. The summed E-state index contributed by atoms with van der Waals surface area (Å²) >= 11 is 0. The molecule has 0 fully saturated rings. The van der Waals surface area contributed by atoms with Gasteiger partial charge in [0.15, 0.2) is 5.84 Å². The van der Waals surface area contributed by atoms with Crippen LogP contribution in [0.1, 0.15) is 19.4 Å². The summed E-state index contributed by atoms with van der Waals surface area (Å²) in [7, 11) is 0. The molecule has 0 aromatic heterocycles. The molecule has 2 N–H and O–H groups in total. The van der Waals surface area contributed by atoms with E-state index in [1.807, 2.05) is 6.07 Å². The summed E-state index contributed by atoms with van der Waals surface area (Å²) in [6.45, 7) is 3.35. The molecule has 0 unspecified atom stereocenters. The van der Waals surface area contributed by atoms with Crippen LogP contribution < -0.4 is 15.5 Å². The number of oxime groups is 1. The monoisotopic (exact) mass is 394 g/mol. The first kappa shape index (κ1) is 19.3. The molecular formula is C18H17F3N4O3. The number of amidine groups is 1. The van der Waals surface area contributed by atoms with E-state index in [-0.39, 0.29) is 11.6 Å². The van der Waals surface area contributed by atoms with E-state index in [4.69, 9.17) is 4.84 Å². The summed E-state index contributed by atoms with van der Waals surface area (Å²) in [5, 5.41) is 7.99. The van der Waals surface area contributed by atoms with Gasteiger partial charge in [-0.3, -0.25) is 0 Å². The zero-order valence-corrected chi connectivity index (χ0v) is 14.9. The SMILES string of the molecule is CC1(C)ON=C(c2ccc(OC(F)(F)F)cc2)N1NC(=O)Nc1ccccc1. The van der Waals surface area contributed by atoms with E-state index in [0.29, 0.717) is 11.3 Å². The Morgan fingerprint density at radius 1 is 1.11 bits per heavy atom. The number of carbonyl (C=O) groups excluding carboxylic acids is 1. The maximum atomic E-state index is 12.3. The lowest BCUT2D eigenvalue weighted by molar-refractivity contribution is -0.274. The van der Waals surface area contributed by atoms with E-state index in [9.17, 15) is 18.0 Å². The molecule has 0 bridgehead atoms. The lowest BCUT2D eigenvalue weighted by Crippen LogP contribution is -2.55. The second-order valence-electron chi connectivity index (χ2n) is 6.29. The number of hydrogen-bond acceptors (Lipinski definition) is 5. The molecule has 148 valence electrons. The highest BCUT2D eigenvalue weighted by Gasteiger charge is 2.40. The molecule has 0 radical (unpaired) electrons. The van der Waals surface area contributed by atoms with Gasteiger partial charge >= 0.3 is 12.4 Å². The molecule has 2 aromatic rings. The smallest absolute Gasteiger partial charge is 0.406 e. The highest BCUT2D eigenvalue weighted by Crippen LogP contribution is 2.27. The molecule has 10 heteroatoms. The lowest BCUT2D eigenvalue weighted by Gasteiger charge is -2.31. The van der Waals surface area contributed by atoms with E-state index >= 15 is 0 Å².